The molecule has 84 valence electrons. The zero-order valence-corrected chi connectivity index (χ0v) is 9.21. The monoisotopic (exact) mass is 203 g/mol. The van der Waals surface area contributed by atoms with Crippen molar-refractivity contribution < 1.29 is 15.0 Å². The van der Waals surface area contributed by atoms with Crippen LogP contribution < -0.4 is 5.32 Å². The molecular formula is C10H21NO3. The van der Waals surface area contributed by atoms with Crippen LogP contribution in [0.25, 0.3) is 0 Å². The van der Waals surface area contributed by atoms with E-state index < -0.39 is 12.0 Å². The molecule has 0 heterocycles. The first-order valence-corrected chi connectivity index (χ1v) is 5.00. The molecule has 14 heavy (non-hydrogen) atoms. The van der Waals surface area contributed by atoms with Gasteiger partial charge in [0.1, 0.15) is 6.04 Å². The Morgan fingerprint density at radius 2 is 2.07 bits per heavy atom. The van der Waals surface area contributed by atoms with E-state index in [0.717, 1.165) is 0 Å². The summed E-state index contributed by atoms with van der Waals surface area (Å²) < 4.78 is 0. The molecule has 0 aliphatic rings. The Balaban J connectivity index is 3.95. The van der Waals surface area contributed by atoms with Gasteiger partial charge in [0.05, 0.1) is 0 Å². The minimum atomic E-state index is -0.813. The zero-order chi connectivity index (χ0) is 11.2. The molecule has 0 fully saturated rings. The maximum Gasteiger partial charge on any atom is 0.320 e. The number of aliphatic hydroxyl groups is 1. The number of aliphatic carboxylic acids is 1. The van der Waals surface area contributed by atoms with E-state index in [1.807, 2.05) is 20.8 Å². The van der Waals surface area contributed by atoms with Crippen LogP contribution >= 0.6 is 0 Å². The van der Waals surface area contributed by atoms with Crippen LogP contribution in [0.3, 0.4) is 0 Å². The fraction of sp³-hybridized carbons (Fsp3) is 0.900. The molecule has 0 rings (SSSR count). The number of carbonyl (C=O) groups is 1. The zero-order valence-electron chi connectivity index (χ0n) is 9.21. The summed E-state index contributed by atoms with van der Waals surface area (Å²) >= 11 is 0. The fourth-order valence-electron chi connectivity index (χ4n) is 1.20. The second-order valence-electron chi connectivity index (χ2n) is 4.32. The summed E-state index contributed by atoms with van der Waals surface area (Å²) in [7, 11) is 0. The summed E-state index contributed by atoms with van der Waals surface area (Å²) in [6.07, 6.45) is 1.25. The second-order valence-corrected chi connectivity index (χ2v) is 4.32. The molecule has 4 heteroatoms. The second kappa shape index (κ2) is 5.98. The van der Waals surface area contributed by atoms with Crippen LogP contribution in [0.4, 0.5) is 0 Å². The average Bonchev–Trinajstić information content (AvgIpc) is 2.04. The first-order chi connectivity index (χ1) is 6.43. The molecule has 0 aliphatic carbocycles. The van der Waals surface area contributed by atoms with E-state index in [4.69, 9.17) is 10.2 Å². The molecule has 0 aromatic rings. The van der Waals surface area contributed by atoms with E-state index in [1.54, 1.807) is 0 Å². The van der Waals surface area contributed by atoms with Crippen LogP contribution in [-0.2, 0) is 4.79 Å². The molecule has 0 bridgehead atoms. The molecule has 0 saturated heterocycles. The van der Waals surface area contributed by atoms with Crippen LogP contribution in [0.5, 0.6) is 0 Å². The van der Waals surface area contributed by atoms with Crippen LogP contribution in [0.15, 0.2) is 0 Å². The predicted molar refractivity (Wildman–Crippen MR) is 55.2 cm³/mol. The van der Waals surface area contributed by atoms with Gasteiger partial charge in [0, 0.05) is 13.2 Å². The molecule has 3 N–H and O–H groups in total. The van der Waals surface area contributed by atoms with Crippen molar-refractivity contribution in [1.29, 1.82) is 0 Å². The Morgan fingerprint density at radius 3 is 2.43 bits per heavy atom. The van der Waals surface area contributed by atoms with Crippen molar-refractivity contribution >= 4 is 5.97 Å². The lowest BCUT2D eigenvalue weighted by molar-refractivity contribution is -0.139. The topological polar surface area (TPSA) is 69.6 Å². The summed E-state index contributed by atoms with van der Waals surface area (Å²) in [5.41, 5.74) is -0.0579. The van der Waals surface area contributed by atoms with Crippen molar-refractivity contribution in [2.24, 2.45) is 5.41 Å². The number of rotatable bonds is 7. The van der Waals surface area contributed by atoms with Gasteiger partial charge in [-0.2, -0.15) is 0 Å². The van der Waals surface area contributed by atoms with Gasteiger partial charge in [0.15, 0.2) is 0 Å². The van der Waals surface area contributed by atoms with E-state index >= 15 is 0 Å². The average molecular weight is 203 g/mol. The van der Waals surface area contributed by atoms with Gasteiger partial charge < -0.3 is 15.5 Å². The van der Waals surface area contributed by atoms with Gasteiger partial charge in [-0.05, 0) is 18.3 Å². The van der Waals surface area contributed by atoms with Gasteiger partial charge in [-0.1, -0.05) is 20.8 Å². The lowest BCUT2D eigenvalue weighted by Crippen LogP contribution is -2.41. The number of hydrogen-bond acceptors (Lipinski definition) is 3. The molecular weight excluding hydrogens is 182 g/mol. The van der Waals surface area contributed by atoms with Crippen molar-refractivity contribution in [2.45, 2.75) is 39.7 Å². The van der Waals surface area contributed by atoms with Crippen molar-refractivity contribution in [3.05, 3.63) is 0 Å². The van der Waals surface area contributed by atoms with Crippen LogP contribution in [-0.4, -0.2) is 35.4 Å². The van der Waals surface area contributed by atoms with Gasteiger partial charge in [-0.3, -0.25) is 4.79 Å². The normalized spacial score (nSPS) is 14.0. The smallest absolute Gasteiger partial charge is 0.320 e. The van der Waals surface area contributed by atoms with Crippen LogP contribution in [0, 0.1) is 5.41 Å². The van der Waals surface area contributed by atoms with E-state index in [1.165, 1.54) is 0 Å². The number of carboxylic acids is 1. The Morgan fingerprint density at radius 1 is 1.50 bits per heavy atom. The minimum absolute atomic E-state index is 0.0579. The van der Waals surface area contributed by atoms with Crippen LogP contribution in [0.2, 0.25) is 0 Å². The van der Waals surface area contributed by atoms with Crippen LogP contribution in [0.1, 0.15) is 33.6 Å². The minimum Gasteiger partial charge on any atom is -0.480 e. The molecule has 0 aliphatic heterocycles. The summed E-state index contributed by atoms with van der Waals surface area (Å²) in [5, 5.41) is 20.6. The van der Waals surface area contributed by atoms with Gasteiger partial charge >= 0.3 is 5.97 Å². The third kappa shape index (κ3) is 5.19. The predicted octanol–water partition coefficient (Wildman–Crippen LogP) is 0.848. The molecule has 0 aromatic carbocycles. The molecule has 0 saturated carbocycles. The summed E-state index contributed by atoms with van der Waals surface area (Å²) in [5.74, 6) is -0.813. The van der Waals surface area contributed by atoms with Crippen molar-refractivity contribution in [3.8, 4) is 0 Å². The number of carboxylic acid groups (broad SMARTS) is 1. The lowest BCUT2D eigenvalue weighted by Gasteiger charge is -2.25. The first kappa shape index (κ1) is 13.4. The molecule has 0 spiro atoms. The van der Waals surface area contributed by atoms with Gasteiger partial charge in [-0.15, -0.1) is 0 Å². The number of aliphatic hydroxyl groups excluding tert-OH is 1. The summed E-state index contributed by atoms with van der Waals surface area (Å²) in [6.45, 7) is 6.59. The van der Waals surface area contributed by atoms with Crippen molar-refractivity contribution in [2.75, 3.05) is 13.2 Å². The van der Waals surface area contributed by atoms with E-state index in [-0.39, 0.29) is 12.0 Å². The Labute approximate surface area is 85.3 Å². The van der Waals surface area contributed by atoms with Gasteiger partial charge in [-0.25, -0.2) is 0 Å². The van der Waals surface area contributed by atoms with E-state index in [9.17, 15) is 4.79 Å². The molecule has 0 radical (unpaired) electrons. The van der Waals surface area contributed by atoms with E-state index in [0.29, 0.717) is 19.4 Å². The van der Waals surface area contributed by atoms with Crippen molar-refractivity contribution in [3.63, 3.8) is 0 Å². The molecule has 0 amide bonds. The maximum atomic E-state index is 10.7. The first-order valence-electron chi connectivity index (χ1n) is 5.00. The van der Waals surface area contributed by atoms with Crippen molar-refractivity contribution in [1.82, 2.24) is 5.32 Å². The Hall–Kier alpha value is -0.610. The molecule has 0 aromatic heterocycles. The highest BCUT2D eigenvalue weighted by atomic mass is 16.4. The third-order valence-corrected chi connectivity index (χ3v) is 2.32. The molecule has 4 nitrogen and oxygen atoms in total. The number of hydrogen-bond donors (Lipinski definition) is 3. The SMILES string of the molecule is CCC(NCC(C)(C)CCO)C(=O)O. The van der Waals surface area contributed by atoms with Gasteiger partial charge in [0.25, 0.3) is 0 Å². The third-order valence-electron chi connectivity index (χ3n) is 2.32. The standard InChI is InChI=1S/C10H21NO3/c1-4-8(9(13)14)11-7-10(2,3)5-6-12/h8,11-12H,4-7H2,1-3H3,(H,13,14). The summed E-state index contributed by atoms with van der Waals surface area (Å²) in [6, 6.07) is -0.479. The summed E-state index contributed by atoms with van der Waals surface area (Å²) in [4.78, 5) is 10.7. The maximum absolute atomic E-state index is 10.7. The van der Waals surface area contributed by atoms with E-state index in [2.05, 4.69) is 5.32 Å². The van der Waals surface area contributed by atoms with Gasteiger partial charge in [0.2, 0.25) is 0 Å². The Kier molecular flexibility index (Phi) is 5.72. The highest BCUT2D eigenvalue weighted by molar-refractivity contribution is 5.73. The lowest BCUT2D eigenvalue weighted by atomic mass is 9.89. The molecule has 1 unspecified atom stereocenters. The fourth-order valence-corrected chi connectivity index (χ4v) is 1.20. The largest absolute Gasteiger partial charge is 0.480 e. The Bertz CT molecular complexity index is 180. The molecule has 1 atom stereocenters. The highest BCUT2D eigenvalue weighted by Gasteiger charge is 2.21. The number of nitrogens with one attached hydrogen (secondary N) is 1. The highest BCUT2D eigenvalue weighted by Crippen LogP contribution is 2.18. The quantitative estimate of drug-likeness (QED) is 0.573.